The minimum Gasteiger partial charge on any atom is -0.425 e. The van der Waals surface area contributed by atoms with Crippen LogP contribution in [0.15, 0.2) is 60.7 Å². The molecule has 8 heteroatoms. The zero-order valence-corrected chi connectivity index (χ0v) is 30.4. The van der Waals surface area contributed by atoms with Gasteiger partial charge in [-0.25, -0.2) is 4.98 Å². The van der Waals surface area contributed by atoms with Gasteiger partial charge >= 0.3 is 11.9 Å². The van der Waals surface area contributed by atoms with Gasteiger partial charge in [0.15, 0.2) is 11.5 Å². The van der Waals surface area contributed by atoms with Crippen LogP contribution < -0.4 is 9.47 Å². The Labute approximate surface area is 313 Å². The van der Waals surface area contributed by atoms with Gasteiger partial charge in [0.1, 0.15) is 26.8 Å². The number of carbonyl (C=O) groups excluding carboxylic acids is 4. The molecule has 264 valence electrons. The van der Waals surface area contributed by atoms with E-state index >= 15 is 0 Å². The average Bonchev–Trinajstić information content (AvgIpc) is 3.64. The smallest absolute Gasteiger partial charge is 0.314 e. The first-order chi connectivity index (χ1) is 25.7. The van der Waals surface area contributed by atoms with E-state index in [2.05, 4.69) is 41.4 Å². The third-order valence-corrected chi connectivity index (χ3v) is 11.2. The minimum absolute atomic E-state index is 0.00210. The van der Waals surface area contributed by atoms with Crippen LogP contribution in [0.25, 0.3) is 31.9 Å². The van der Waals surface area contributed by atoms with E-state index in [-0.39, 0.29) is 47.2 Å². The molecule has 0 saturated heterocycles. The largest absolute Gasteiger partial charge is 0.425 e. The van der Waals surface area contributed by atoms with Crippen molar-refractivity contribution in [2.24, 2.45) is 23.7 Å². The van der Waals surface area contributed by atoms with Crippen LogP contribution in [0.4, 0.5) is 0 Å². The summed E-state index contributed by atoms with van der Waals surface area (Å²) in [6.07, 6.45) is 10.1. The number of benzene rings is 3. The lowest BCUT2D eigenvalue weighted by Gasteiger charge is -2.25. The number of aromatic nitrogens is 1. The van der Waals surface area contributed by atoms with Gasteiger partial charge in [-0.15, -0.1) is 17.8 Å². The molecule has 0 aliphatic heterocycles. The van der Waals surface area contributed by atoms with Crippen molar-refractivity contribution in [1.29, 1.82) is 0 Å². The summed E-state index contributed by atoms with van der Waals surface area (Å²) in [5.74, 6) is 17.8. The summed E-state index contributed by atoms with van der Waals surface area (Å²) in [5.41, 5.74) is 4.12. The molecule has 2 aliphatic rings. The summed E-state index contributed by atoms with van der Waals surface area (Å²) in [6, 6.07) is 19.1. The summed E-state index contributed by atoms with van der Waals surface area (Å²) in [7, 11) is 0. The van der Waals surface area contributed by atoms with Gasteiger partial charge in [-0.2, -0.15) is 0 Å². The number of Topliss-reactive ketones (excluding diaryl/α,β-unsaturated/α-hetero) is 2. The Balaban J connectivity index is 1.23. The molecule has 0 N–H and O–H groups in total. The molecule has 2 fully saturated rings. The zero-order chi connectivity index (χ0) is 37.3. The summed E-state index contributed by atoms with van der Waals surface area (Å²) in [4.78, 5) is 55.3. The van der Waals surface area contributed by atoms with Crippen LogP contribution in [0.3, 0.4) is 0 Å². The summed E-state index contributed by atoms with van der Waals surface area (Å²) < 4.78 is 12.6. The molecule has 0 radical (unpaired) electrons. The predicted octanol–water partition coefficient (Wildman–Crippen LogP) is 8.22. The number of carbonyl (C=O) groups is 4. The van der Waals surface area contributed by atoms with Crippen molar-refractivity contribution in [3.63, 3.8) is 0 Å². The van der Waals surface area contributed by atoms with Crippen molar-refractivity contribution in [2.75, 3.05) is 0 Å². The van der Waals surface area contributed by atoms with Crippen molar-refractivity contribution in [2.45, 2.75) is 65.2 Å². The van der Waals surface area contributed by atoms with Crippen molar-refractivity contribution >= 4 is 45.1 Å². The lowest BCUT2D eigenvalue weighted by atomic mass is 9.80. The van der Waals surface area contributed by atoms with Crippen LogP contribution in [0.5, 0.6) is 11.5 Å². The highest BCUT2D eigenvalue weighted by molar-refractivity contribution is 7.22. The Bertz CT molecular complexity index is 2190. The van der Waals surface area contributed by atoms with E-state index in [0.717, 1.165) is 22.3 Å². The number of ether oxygens (including phenoxy) is 2. The number of fused-ring (bicyclic) bond motifs is 1. The molecule has 3 aromatic carbocycles. The van der Waals surface area contributed by atoms with Crippen LogP contribution in [0, 0.1) is 71.5 Å². The second-order valence-corrected chi connectivity index (χ2v) is 14.5. The maximum Gasteiger partial charge on any atom is 0.314 e. The number of terminal acetylenes is 1. The molecular weight excluding hydrogens is 683 g/mol. The first-order valence-corrected chi connectivity index (χ1v) is 18.6. The molecule has 6 rings (SSSR count). The van der Waals surface area contributed by atoms with Gasteiger partial charge in [-0.05, 0) is 136 Å². The van der Waals surface area contributed by atoms with Crippen LogP contribution in [-0.2, 0) is 19.2 Å². The molecule has 53 heavy (non-hydrogen) atoms. The second kappa shape index (κ2) is 17.1. The van der Waals surface area contributed by atoms with E-state index in [1.165, 1.54) is 11.3 Å². The van der Waals surface area contributed by atoms with E-state index in [4.69, 9.17) is 20.9 Å². The Kier molecular flexibility index (Phi) is 11.9. The Hall–Kier alpha value is -5.93. The zero-order valence-electron chi connectivity index (χ0n) is 29.6. The molecule has 4 aromatic rings. The maximum absolute atomic E-state index is 13.3. The number of nitrogens with zero attached hydrogens (tertiary/aromatic N) is 1. The number of rotatable bonds is 8. The third kappa shape index (κ3) is 9.12. The molecule has 7 nitrogen and oxygen atoms in total. The molecule has 0 bridgehead atoms. The molecular formula is C45H37NO6S. The molecule has 0 atom stereocenters. The minimum atomic E-state index is -0.349. The van der Waals surface area contributed by atoms with Gasteiger partial charge in [0.2, 0.25) is 0 Å². The molecule has 1 heterocycles. The van der Waals surface area contributed by atoms with Gasteiger partial charge in [-0.1, -0.05) is 42.3 Å². The molecule has 2 aliphatic carbocycles. The van der Waals surface area contributed by atoms with E-state index in [0.29, 0.717) is 78.1 Å². The van der Waals surface area contributed by atoms with Gasteiger partial charge < -0.3 is 9.47 Å². The van der Waals surface area contributed by atoms with Gasteiger partial charge in [0.05, 0.1) is 11.8 Å². The van der Waals surface area contributed by atoms with Gasteiger partial charge in [-0.3, -0.25) is 19.2 Å². The Morgan fingerprint density at radius 2 is 1.06 bits per heavy atom. The fourth-order valence-electron chi connectivity index (χ4n) is 6.89. The summed E-state index contributed by atoms with van der Waals surface area (Å²) in [5, 5.41) is 0.676. The number of ketones is 2. The lowest BCUT2D eigenvalue weighted by molar-refractivity contribution is -0.141. The van der Waals surface area contributed by atoms with Crippen LogP contribution >= 0.6 is 11.3 Å². The molecule has 0 amide bonds. The number of esters is 2. The van der Waals surface area contributed by atoms with Crippen molar-refractivity contribution in [3.8, 4) is 81.1 Å². The molecule has 0 spiro atoms. The lowest BCUT2D eigenvalue weighted by Crippen LogP contribution is -2.28. The molecule has 1 aromatic heterocycles. The van der Waals surface area contributed by atoms with Crippen LogP contribution in [0.1, 0.15) is 70.8 Å². The normalized spacial score (nSPS) is 19.1. The Morgan fingerprint density at radius 1 is 0.604 bits per heavy atom. The van der Waals surface area contributed by atoms with Crippen molar-refractivity contribution in [1.82, 2.24) is 4.98 Å². The molecule has 0 unspecified atom stereocenters. The highest BCUT2D eigenvalue weighted by Crippen LogP contribution is 2.42. The average molecular weight is 720 g/mol. The van der Waals surface area contributed by atoms with E-state index in [9.17, 15) is 19.2 Å². The highest BCUT2D eigenvalue weighted by Gasteiger charge is 2.32. The third-order valence-electron chi connectivity index (χ3n) is 10.0. The van der Waals surface area contributed by atoms with E-state index in [1.54, 1.807) is 26.0 Å². The fourth-order valence-corrected chi connectivity index (χ4v) is 7.92. The second-order valence-electron chi connectivity index (χ2n) is 13.5. The SMILES string of the molecule is C#CC#CC#CC#Cc1ccc(-c2ccc(-c3nc4c(OC(=O)C5CCC(C(C)=O)CC5)ccc(OC(=O)C5CCC(C(C)=O)CC5)c4s3)cc2)cc1. The van der Waals surface area contributed by atoms with Gasteiger partial charge in [0, 0.05) is 23.0 Å². The van der Waals surface area contributed by atoms with Crippen molar-refractivity contribution < 1.29 is 28.7 Å². The quantitative estimate of drug-likeness (QED) is 0.103. The first-order valence-electron chi connectivity index (χ1n) is 17.8. The highest BCUT2D eigenvalue weighted by atomic mass is 32.1. The first kappa shape index (κ1) is 36.8. The number of thiazole rings is 1. The monoisotopic (exact) mass is 719 g/mol. The summed E-state index contributed by atoms with van der Waals surface area (Å²) in [6.45, 7) is 3.21. The van der Waals surface area contributed by atoms with E-state index < -0.39 is 0 Å². The fraction of sp³-hybridized carbons (Fsp3) is 0.311. The maximum atomic E-state index is 13.3. The predicted molar refractivity (Wildman–Crippen MR) is 205 cm³/mol. The van der Waals surface area contributed by atoms with E-state index in [1.807, 2.05) is 48.5 Å². The van der Waals surface area contributed by atoms with Gasteiger partial charge in [0.25, 0.3) is 0 Å². The van der Waals surface area contributed by atoms with Crippen LogP contribution in [0.2, 0.25) is 0 Å². The number of hydrogen-bond donors (Lipinski definition) is 0. The van der Waals surface area contributed by atoms with Crippen molar-refractivity contribution in [3.05, 3.63) is 66.2 Å². The Morgan fingerprint density at radius 3 is 1.60 bits per heavy atom. The van der Waals surface area contributed by atoms with Crippen LogP contribution in [-0.4, -0.2) is 28.5 Å². The summed E-state index contributed by atoms with van der Waals surface area (Å²) >= 11 is 1.36. The molecule has 2 saturated carbocycles. The number of hydrogen-bond acceptors (Lipinski definition) is 8. The topological polar surface area (TPSA) is 99.6 Å². The standard InChI is InChI=1S/C45H37NO6S/c1-4-5-6-7-8-9-10-31-11-13-34(14-12-31)35-19-21-36(22-20-35)43-46-41-39(51-44(49)37-23-15-32(16-24-37)29(2)47)27-28-40(42(41)53-43)52-45(50)38-25-17-33(18-26-38)30(3)48/h1,11-14,19-22,27-28,32-33,37-38H,15-18,23-26H2,2-3H3.